The van der Waals surface area contributed by atoms with E-state index in [1.807, 2.05) is 0 Å². The van der Waals surface area contributed by atoms with Crippen LogP contribution in [0.25, 0.3) is 0 Å². The van der Waals surface area contributed by atoms with Gasteiger partial charge in [-0.15, -0.1) is 16.4 Å². The number of hydrogen-bond acceptors (Lipinski definition) is 4. The Morgan fingerprint density at radius 1 is 0.872 bits per heavy atom. The third-order valence-electron chi connectivity index (χ3n) is 9.23. The van der Waals surface area contributed by atoms with Crippen LogP contribution in [0.1, 0.15) is 23.1 Å². The first-order valence-corrected chi connectivity index (χ1v) is 13.6. The van der Waals surface area contributed by atoms with Crippen LogP contribution in [0.5, 0.6) is 0 Å². The average molecular weight is 523 g/mol. The Morgan fingerprint density at radius 3 is 2.05 bits per heavy atom. The second kappa shape index (κ2) is 9.75. The van der Waals surface area contributed by atoms with Gasteiger partial charge in [0, 0.05) is 31.8 Å². The molecule has 0 fully saturated rings. The third-order valence-corrected chi connectivity index (χ3v) is 9.23. The summed E-state index contributed by atoms with van der Waals surface area (Å²) in [5.74, 6) is 0.509. The van der Waals surface area contributed by atoms with Gasteiger partial charge in [-0.2, -0.15) is 13.2 Å². The number of benzene rings is 2. The van der Waals surface area contributed by atoms with Gasteiger partial charge in [-0.1, -0.05) is 28.6 Å². The van der Waals surface area contributed by atoms with E-state index >= 15 is 0 Å². The van der Waals surface area contributed by atoms with E-state index < -0.39 is 11.7 Å². The summed E-state index contributed by atoms with van der Waals surface area (Å²) in [4.78, 5) is 24.8. The van der Waals surface area contributed by atoms with Gasteiger partial charge >= 0.3 is 6.18 Å². The van der Waals surface area contributed by atoms with Gasteiger partial charge in [0.2, 0.25) is 5.96 Å². The molecule has 0 unspecified atom stereocenters. The van der Waals surface area contributed by atoms with Crippen LogP contribution in [0.15, 0.2) is 40.5 Å². The lowest BCUT2D eigenvalue weighted by Gasteiger charge is -2.48. The highest BCUT2D eigenvalue weighted by Gasteiger charge is 2.44. The monoisotopic (exact) mass is 524 g/mol. The first kappa shape index (κ1) is 27.9. The van der Waals surface area contributed by atoms with Crippen LogP contribution in [-0.2, 0) is 22.9 Å². The number of fused-ring (bicyclic) bond motifs is 2. The summed E-state index contributed by atoms with van der Waals surface area (Å²) in [7, 11) is 15.4. The van der Waals surface area contributed by atoms with Crippen molar-refractivity contribution in [2.45, 2.75) is 24.5 Å². The Bertz CT molecular complexity index is 1400. The fraction of sp³-hybridized carbons (Fsp3) is 0.333. The highest BCUT2D eigenvalue weighted by Crippen LogP contribution is 2.35. The van der Waals surface area contributed by atoms with Gasteiger partial charge in [0.05, 0.1) is 24.2 Å². The molecular formula is C24H30B7F3N4O. The minimum absolute atomic E-state index is 0.105. The molecule has 0 spiro atoms. The molecule has 5 nitrogen and oxygen atoms in total. The lowest BCUT2D eigenvalue weighted by molar-refractivity contribution is -0.137. The standard InChI is InChI=1S/C24H30B7F3N4O/c25-16-15(17(26)19(28)20(29)18(16)27)23(30,31)36-7-5-14-13(10-36)21(39)38(22-35-6-8-37(14)22)9-11-1-3-12(4-2-11)24(32,33)34/h1-4H,5-10,25-31H2. The van der Waals surface area contributed by atoms with Crippen molar-refractivity contribution < 1.29 is 18.0 Å². The van der Waals surface area contributed by atoms with Gasteiger partial charge in [-0.25, -0.2) is 0 Å². The quantitative estimate of drug-likeness (QED) is 0.375. The van der Waals surface area contributed by atoms with E-state index in [0.29, 0.717) is 31.2 Å². The summed E-state index contributed by atoms with van der Waals surface area (Å²) in [6, 6.07) is 5.04. The Morgan fingerprint density at radius 2 is 1.46 bits per heavy atom. The normalized spacial score (nSPS) is 18.3. The number of nitrogens with zero attached hydrogens (tertiary/aromatic N) is 4. The maximum atomic E-state index is 14.0. The van der Waals surface area contributed by atoms with Gasteiger partial charge in [0.1, 0.15) is 54.9 Å². The molecule has 0 saturated heterocycles. The molecule has 0 radical (unpaired) electrons. The number of rotatable bonds is 4. The number of carbonyl (C=O) groups is 1. The molecule has 15 heteroatoms. The smallest absolute Gasteiger partial charge is 0.314 e. The summed E-state index contributed by atoms with van der Waals surface area (Å²) in [5, 5.41) is -0.298. The molecule has 0 atom stereocenters. The van der Waals surface area contributed by atoms with Crippen LogP contribution in [0.2, 0.25) is 0 Å². The van der Waals surface area contributed by atoms with Crippen LogP contribution in [-0.4, -0.2) is 108 Å². The summed E-state index contributed by atoms with van der Waals surface area (Å²) in [6.07, 6.45) is -3.64. The molecule has 1 amide bonds. The van der Waals surface area contributed by atoms with E-state index in [0.717, 1.165) is 36.4 Å². The van der Waals surface area contributed by atoms with Crippen molar-refractivity contribution in [3.05, 3.63) is 52.2 Å². The molecule has 0 bridgehead atoms. The average Bonchev–Trinajstić information content (AvgIpc) is 3.38. The largest absolute Gasteiger partial charge is 0.416 e. The first-order chi connectivity index (χ1) is 18.2. The Kier molecular flexibility index (Phi) is 6.97. The second-order valence-corrected chi connectivity index (χ2v) is 11.6. The summed E-state index contributed by atoms with van der Waals surface area (Å²) >= 11 is 0. The number of amides is 1. The Balaban J connectivity index is 1.47. The minimum Gasteiger partial charge on any atom is -0.314 e. The molecule has 3 heterocycles. The molecule has 2 aromatic carbocycles. The van der Waals surface area contributed by atoms with Gasteiger partial charge in [-0.3, -0.25) is 14.7 Å². The lowest BCUT2D eigenvalue weighted by atomic mass is 9.48. The van der Waals surface area contributed by atoms with Crippen molar-refractivity contribution in [1.82, 2.24) is 14.7 Å². The van der Waals surface area contributed by atoms with Crippen LogP contribution >= 0.6 is 0 Å². The first-order valence-electron chi connectivity index (χ1n) is 13.6. The van der Waals surface area contributed by atoms with Crippen molar-refractivity contribution in [2.75, 3.05) is 26.2 Å². The zero-order chi connectivity index (χ0) is 28.4. The molecule has 3 aliphatic heterocycles. The summed E-state index contributed by atoms with van der Waals surface area (Å²) in [6.45, 7) is 2.83. The summed E-state index contributed by atoms with van der Waals surface area (Å²) < 4.78 is 39.2. The van der Waals surface area contributed by atoms with E-state index in [2.05, 4.69) is 69.7 Å². The number of carbonyl (C=O) groups excluding carboxylic acids is 1. The number of hydrogen-bond donors (Lipinski definition) is 0. The fourth-order valence-corrected chi connectivity index (χ4v) is 6.59. The highest BCUT2D eigenvalue weighted by atomic mass is 19.4. The zero-order valence-corrected chi connectivity index (χ0v) is 23.9. The molecule has 194 valence electrons. The maximum absolute atomic E-state index is 14.0. The molecule has 5 rings (SSSR count). The fourth-order valence-electron chi connectivity index (χ4n) is 6.59. The van der Waals surface area contributed by atoms with E-state index in [4.69, 9.17) is 0 Å². The molecule has 39 heavy (non-hydrogen) atoms. The van der Waals surface area contributed by atoms with Crippen LogP contribution < -0.4 is 27.3 Å². The Labute approximate surface area is 234 Å². The van der Waals surface area contributed by atoms with Gasteiger partial charge < -0.3 is 9.80 Å². The van der Waals surface area contributed by atoms with Crippen LogP contribution in [0.3, 0.4) is 0 Å². The van der Waals surface area contributed by atoms with Crippen molar-refractivity contribution >= 4 is 94.1 Å². The van der Waals surface area contributed by atoms with Crippen molar-refractivity contribution in [2.24, 2.45) is 4.99 Å². The number of guanidine groups is 1. The van der Waals surface area contributed by atoms with Gasteiger partial charge in [0.25, 0.3) is 5.91 Å². The SMILES string of the molecule is Bc1c(B)c(B)c(C(B)(B)N2CCC3=C(C2)C(=O)N(Cc2ccc(C(F)(F)F)cc2)C2=NCCN23)c(B)c1B. The predicted octanol–water partition coefficient (Wildman–Crippen LogP) is -6.95. The highest BCUT2D eigenvalue weighted by molar-refractivity contribution is 6.68. The molecular weight excluding hydrogens is 493 g/mol. The number of halogens is 3. The van der Waals surface area contributed by atoms with Gasteiger partial charge in [-0.05, 0) is 23.0 Å². The van der Waals surface area contributed by atoms with Crippen molar-refractivity contribution in [1.29, 1.82) is 0 Å². The maximum Gasteiger partial charge on any atom is 0.416 e. The van der Waals surface area contributed by atoms with Crippen LogP contribution in [0, 0.1) is 0 Å². The topological polar surface area (TPSA) is 39.2 Å². The molecule has 0 aromatic heterocycles. The molecule has 3 aliphatic rings. The third kappa shape index (κ3) is 4.60. The molecule has 0 N–H and O–H groups in total. The van der Waals surface area contributed by atoms with E-state index in [1.165, 1.54) is 45.0 Å². The van der Waals surface area contributed by atoms with E-state index in [9.17, 15) is 18.0 Å². The number of alkyl halides is 3. The molecule has 0 aliphatic carbocycles. The van der Waals surface area contributed by atoms with Crippen molar-refractivity contribution in [3.63, 3.8) is 0 Å². The second-order valence-electron chi connectivity index (χ2n) is 11.6. The zero-order valence-electron chi connectivity index (χ0n) is 23.9. The lowest BCUT2D eigenvalue weighted by Crippen LogP contribution is -2.64. The predicted molar refractivity (Wildman–Crippen MR) is 170 cm³/mol. The number of aliphatic imine (C=N–C) groups is 1. The van der Waals surface area contributed by atoms with Gasteiger partial charge in [0.15, 0.2) is 0 Å². The minimum atomic E-state index is -4.39. The molecule has 2 aromatic rings. The molecule has 0 saturated carbocycles. The van der Waals surface area contributed by atoms with Crippen molar-refractivity contribution in [3.8, 4) is 0 Å². The van der Waals surface area contributed by atoms with E-state index in [1.54, 1.807) is 4.90 Å². The van der Waals surface area contributed by atoms with Crippen LogP contribution in [0.4, 0.5) is 13.2 Å². The summed E-state index contributed by atoms with van der Waals surface area (Å²) in [5.41, 5.74) is 9.62. The Hall–Kier alpha value is -2.68. The van der Waals surface area contributed by atoms with E-state index in [-0.39, 0.29) is 17.8 Å².